The zero-order chi connectivity index (χ0) is 57.5. The second-order valence-corrected chi connectivity index (χ2v) is 24.7. The quantitative estimate of drug-likeness (QED) is 0.142. The summed E-state index contributed by atoms with van der Waals surface area (Å²) in [5, 5.41) is 2.20. The summed E-state index contributed by atoms with van der Waals surface area (Å²) in [6, 6.07) is 107. The molecule has 0 saturated heterocycles. The SMILES string of the molecule is Cc1cc(-n2c3[c-]c(Oc4[c-]c(N5[CH-]N(C67c8ccccc8C(c8ccccc86)C6(c8ccccc8)c8ccccc8C7(c7ccccc7)c7ccccc76)c6ccccc65)ccc4)ccc3c3ccccc32)ncc1-c1ccc(C(C)(C)C)cc1.[Pt]. The minimum Gasteiger partial charge on any atom is -0.509 e. The van der Waals surface area contributed by atoms with E-state index in [-0.39, 0.29) is 32.4 Å². The van der Waals surface area contributed by atoms with Gasteiger partial charge in [-0.2, -0.15) is 18.8 Å². The minimum atomic E-state index is -0.930. The Morgan fingerprint density at radius 3 is 1.72 bits per heavy atom. The number of anilines is 3. The minimum absolute atomic E-state index is 0. The average molecular weight is 1300 g/mol. The Morgan fingerprint density at radius 2 is 1.07 bits per heavy atom. The Bertz CT molecular complexity index is 4770. The van der Waals surface area contributed by atoms with Crippen LogP contribution in [0.15, 0.2) is 273 Å². The average Bonchev–Trinajstić information content (AvgIpc) is 1.15. The van der Waals surface area contributed by atoms with E-state index in [1.165, 1.54) is 61.2 Å². The molecule has 0 spiro atoms. The Morgan fingerprint density at radius 1 is 0.506 bits per heavy atom. The normalized spacial score (nSPS) is 19.3. The van der Waals surface area contributed by atoms with Gasteiger partial charge in [-0.1, -0.05) is 239 Å². The fraction of sp³-hybridized carbons (Fsp3) is 0.111. The van der Waals surface area contributed by atoms with Gasteiger partial charge in [0.2, 0.25) is 0 Å². The molecule has 11 aromatic carbocycles. The largest absolute Gasteiger partial charge is 0.509 e. The van der Waals surface area contributed by atoms with Crippen molar-refractivity contribution in [1.82, 2.24) is 9.55 Å². The fourth-order valence-electron chi connectivity index (χ4n) is 16.1. The van der Waals surface area contributed by atoms with Crippen molar-refractivity contribution in [2.24, 2.45) is 0 Å². The van der Waals surface area contributed by atoms with Gasteiger partial charge in [0.25, 0.3) is 0 Å². The molecule has 0 N–H and O–H groups in total. The third-order valence-electron chi connectivity index (χ3n) is 19.4. The van der Waals surface area contributed by atoms with Crippen molar-refractivity contribution >= 4 is 38.9 Å². The third kappa shape index (κ3) is 7.27. The summed E-state index contributed by atoms with van der Waals surface area (Å²) in [5.74, 6) is 1.90. The molecule has 0 atom stereocenters. The van der Waals surface area contributed by atoms with Gasteiger partial charge < -0.3 is 19.1 Å². The van der Waals surface area contributed by atoms with Gasteiger partial charge >= 0.3 is 0 Å². The second kappa shape index (κ2) is 19.8. The smallest absolute Gasteiger partial charge is 0.135 e. The number of fused-ring (bicyclic) bond motifs is 4. The number of hydrogen-bond acceptors (Lipinski definition) is 4. The fourth-order valence-corrected chi connectivity index (χ4v) is 16.1. The van der Waals surface area contributed by atoms with Gasteiger partial charge in [0, 0.05) is 67.1 Å². The number of hydrogen-bond donors (Lipinski definition) is 0. The molecule has 0 unspecified atom stereocenters. The van der Waals surface area contributed by atoms with Crippen LogP contribution in [-0.2, 0) is 42.8 Å². The van der Waals surface area contributed by atoms with Crippen molar-refractivity contribution in [1.29, 1.82) is 0 Å². The van der Waals surface area contributed by atoms with Gasteiger partial charge in [-0.05, 0) is 114 Å². The van der Waals surface area contributed by atoms with Gasteiger partial charge in [-0.15, -0.1) is 41.4 Å². The Hall–Kier alpha value is -9.54. The van der Waals surface area contributed by atoms with Crippen molar-refractivity contribution in [2.75, 3.05) is 9.80 Å². The summed E-state index contributed by atoms with van der Waals surface area (Å²) >= 11 is 0. The van der Waals surface area contributed by atoms with Crippen LogP contribution in [0.5, 0.6) is 11.5 Å². The number of pyridine rings is 1. The predicted molar refractivity (Wildman–Crippen MR) is 348 cm³/mol. The number of aryl methyl sites for hydroxylation is 1. The number of ether oxygens (including phenoxy) is 1. The van der Waals surface area contributed by atoms with Crippen LogP contribution in [0, 0.1) is 25.7 Å². The van der Waals surface area contributed by atoms with Gasteiger partial charge in [-0.3, -0.25) is 0 Å². The predicted octanol–water partition coefficient (Wildman–Crippen LogP) is 19.0. The first-order chi connectivity index (χ1) is 42.2. The summed E-state index contributed by atoms with van der Waals surface area (Å²) in [5.41, 5.74) is 20.3. The van der Waals surface area contributed by atoms with Crippen LogP contribution in [0.2, 0.25) is 0 Å². The molecule has 422 valence electrons. The van der Waals surface area contributed by atoms with Gasteiger partial charge in [0.15, 0.2) is 0 Å². The number of benzene rings is 11. The zero-order valence-corrected chi connectivity index (χ0v) is 50.9. The summed E-state index contributed by atoms with van der Waals surface area (Å²) in [4.78, 5) is 10.1. The summed E-state index contributed by atoms with van der Waals surface area (Å²) < 4.78 is 9.16. The van der Waals surface area contributed by atoms with E-state index in [1.54, 1.807) is 0 Å². The molecule has 2 aromatic heterocycles. The topological polar surface area (TPSA) is 33.5 Å². The number of para-hydroxylation sites is 3. The number of aromatic nitrogens is 2. The molecule has 0 amide bonds. The third-order valence-corrected chi connectivity index (χ3v) is 19.4. The molecule has 3 heterocycles. The molecule has 6 heteroatoms. The summed E-state index contributed by atoms with van der Waals surface area (Å²) in [6.45, 7) is 11.3. The first-order valence-electron chi connectivity index (χ1n) is 30.0. The molecule has 0 radical (unpaired) electrons. The van der Waals surface area contributed by atoms with E-state index in [2.05, 4.69) is 316 Å². The van der Waals surface area contributed by atoms with Crippen molar-refractivity contribution in [3.63, 3.8) is 0 Å². The first-order valence-corrected chi connectivity index (χ1v) is 30.0. The standard InChI is InChI=1S/C81H59N4O.Pt/c1-53-48-76(82-51-65(53)54-42-44-55(45-43-54)78(2,3)4)85-72-39-20-13-30-61(72)62-47-46-60(50-75(62)85)86-59-29-23-28-58(49-59)83-52-84(74-41-22-21-40-73(74)83)81-66-33-14-11-31-63(66)77(64-32-12-15-34-67(64)81)79(56-24-7-5-8-25-56)68-35-16-18-37-70(68)80(81,57-26-9-6-10-27-57)71-38-19-17-36-69(71)79;/h5-48,51-52,77H,1-4H3;/q-3;. The maximum atomic E-state index is 6.95. The maximum absolute atomic E-state index is 6.95. The van der Waals surface area contributed by atoms with Crippen LogP contribution >= 0.6 is 0 Å². The van der Waals surface area contributed by atoms with Gasteiger partial charge in [-0.25, -0.2) is 4.98 Å². The molecule has 1 aliphatic heterocycles. The van der Waals surface area contributed by atoms with E-state index in [9.17, 15) is 0 Å². The molecule has 0 fully saturated rings. The zero-order valence-electron chi connectivity index (χ0n) is 48.6. The van der Waals surface area contributed by atoms with E-state index in [0.717, 1.165) is 61.4 Å². The molecule has 20 rings (SSSR count). The van der Waals surface area contributed by atoms with Crippen LogP contribution < -0.4 is 14.5 Å². The maximum Gasteiger partial charge on any atom is 0.135 e. The number of nitrogens with zero attached hydrogens (tertiary/aromatic N) is 4. The Balaban J connectivity index is 0.00000612. The molecule has 4 bridgehead atoms. The van der Waals surface area contributed by atoms with Crippen LogP contribution in [0.4, 0.5) is 17.1 Å². The second-order valence-electron chi connectivity index (χ2n) is 24.7. The monoisotopic (exact) mass is 1300 g/mol. The molecular weight excluding hydrogens is 1240 g/mol. The van der Waals surface area contributed by atoms with Crippen LogP contribution in [0.3, 0.4) is 0 Å². The molecule has 5 nitrogen and oxygen atoms in total. The van der Waals surface area contributed by atoms with E-state index >= 15 is 0 Å². The van der Waals surface area contributed by atoms with E-state index < -0.39 is 16.4 Å². The Kier molecular flexibility index (Phi) is 12.0. The van der Waals surface area contributed by atoms with Gasteiger partial charge in [0.05, 0.1) is 16.4 Å². The summed E-state index contributed by atoms with van der Waals surface area (Å²) in [7, 11) is 0. The Labute approximate surface area is 523 Å². The molecule has 87 heavy (non-hydrogen) atoms. The van der Waals surface area contributed by atoms with E-state index in [4.69, 9.17) is 9.72 Å². The van der Waals surface area contributed by atoms with E-state index in [0.29, 0.717) is 11.5 Å². The van der Waals surface area contributed by atoms with Crippen molar-refractivity contribution in [3.8, 4) is 28.4 Å². The van der Waals surface area contributed by atoms with Crippen LogP contribution in [-0.4, -0.2) is 9.55 Å². The molecule has 7 aliphatic rings. The molecule has 0 saturated carbocycles. The summed E-state index contributed by atoms with van der Waals surface area (Å²) in [6.07, 6.45) is 2.01. The van der Waals surface area contributed by atoms with E-state index in [1.807, 2.05) is 18.3 Å². The molecular formula is C81H59N4OPt-3. The molecule has 13 aromatic rings. The van der Waals surface area contributed by atoms with Gasteiger partial charge in [0.1, 0.15) is 5.82 Å². The first kappa shape index (κ1) is 53.0. The van der Waals surface area contributed by atoms with Crippen LogP contribution in [0.25, 0.3) is 38.8 Å². The van der Waals surface area contributed by atoms with Crippen LogP contribution in [0.1, 0.15) is 93.5 Å². The van der Waals surface area contributed by atoms with Crippen molar-refractivity contribution in [3.05, 3.63) is 359 Å². The number of rotatable bonds is 8. The van der Waals surface area contributed by atoms with Crippen molar-refractivity contribution in [2.45, 2.75) is 55.4 Å². The van der Waals surface area contributed by atoms with Crippen molar-refractivity contribution < 1.29 is 25.8 Å². The molecule has 6 aliphatic carbocycles.